The van der Waals surface area contributed by atoms with Crippen molar-refractivity contribution in [2.45, 2.75) is 26.2 Å². The highest BCUT2D eigenvalue weighted by Crippen LogP contribution is 2.27. The zero-order chi connectivity index (χ0) is 11.4. The van der Waals surface area contributed by atoms with Gasteiger partial charge in [0.1, 0.15) is 5.75 Å². The number of oxazole rings is 1. The third kappa shape index (κ3) is 2.27. The van der Waals surface area contributed by atoms with Crippen molar-refractivity contribution in [1.29, 1.82) is 0 Å². The maximum Gasteiger partial charge on any atom is 0.394 e. The van der Waals surface area contributed by atoms with Crippen molar-refractivity contribution in [1.82, 2.24) is 4.98 Å². The molecule has 2 aromatic rings. The zero-order valence-corrected chi connectivity index (χ0v) is 9.27. The minimum atomic E-state index is 0.115. The second-order valence-electron chi connectivity index (χ2n) is 3.66. The summed E-state index contributed by atoms with van der Waals surface area (Å²) >= 11 is 0. The highest BCUT2D eigenvalue weighted by molar-refractivity contribution is 5.79. The molecule has 4 nitrogen and oxygen atoms in total. The smallest absolute Gasteiger partial charge is 0.394 e. The van der Waals surface area contributed by atoms with Gasteiger partial charge in [-0.05, 0) is 18.6 Å². The van der Waals surface area contributed by atoms with E-state index >= 15 is 0 Å². The summed E-state index contributed by atoms with van der Waals surface area (Å²) < 4.78 is 10.7. The van der Waals surface area contributed by atoms with Gasteiger partial charge in [0.25, 0.3) is 0 Å². The molecule has 0 unspecified atom stereocenters. The molecule has 0 radical (unpaired) electrons. The quantitative estimate of drug-likeness (QED) is 0.788. The third-order valence-electron chi connectivity index (χ3n) is 2.35. The Kier molecular flexibility index (Phi) is 3.29. The molecule has 86 valence electrons. The van der Waals surface area contributed by atoms with Crippen molar-refractivity contribution >= 4 is 11.1 Å². The molecular formula is C12H15NO3. The summed E-state index contributed by atoms with van der Waals surface area (Å²) in [5, 5.41) is 9.52. The molecule has 0 spiro atoms. The Morgan fingerprint density at radius 3 is 3.00 bits per heavy atom. The lowest BCUT2D eigenvalue weighted by molar-refractivity contribution is 0.231. The van der Waals surface area contributed by atoms with Crippen LogP contribution in [0.2, 0.25) is 0 Å². The summed E-state index contributed by atoms with van der Waals surface area (Å²) in [5.74, 6) is 0.115. The molecule has 0 saturated carbocycles. The Bertz CT molecular complexity index is 464. The van der Waals surface area contributed by atoms with Crippen molar-refractivity contribution < 1.29 is 14.3 Å². The molecule has 4 heteroatoms. The maximum atomic E-state index is 9.52. The van der Waals surface area contributed by atoms with E-state index in [0.717, 1.165) is 19.3 Å². The molecule has 2 rings (SSSR count). The molecule has 1 aromatic carbocycles. The number of benzene rings is 1. The van der Waals surface area contributed by atoms with Crippen LogP contribution in [0.3, 0.4) is 0 Å². The normalized spacial score (nSPS) is 10.8. The Morgan fingerprint density at radius 2 is 2.25 bits per heavy atom. The molecule has 0 aliphatic heterocycles. The fourth-order valence-electron chi connectivity index (χ4n) is 1.49. The highest BCUT2D eigenvalue weighted by atomic mass is 16.6. The van der Waals surface area contributed by atoms with E-state index < -0.39 is 0 Å². The largest absolute Gasteiger partial charge is 0.506 e. The van der Waals surface area contributed by atoms with Crippen LogP contribution in [0.5, 0.6) is 11.8 Å². The number of unbranched alkanes of at least 4 members (excludes halogenated alkanes) is 2. The van der Waals surface area contributed by atoms with Crippen LogP contribution < -0.4 is 4.74 Å². The first kappa shape index (κ1) is 10.8. The van der Waals surface area contributed by atoms with Gasteiger partial charge in [0.2, 0.25) is 0 Å². The summed E-state index contributed by atoms with van der Waals surface area (Å²) in [6.07, 6.45) is 3.50. The van der Waals surface area contributed by atoms with Gasteiger partial charge >= 0.3 is 6.08 Å². The van der Waals surface area contributed by atoms with Gasteiger partial charge in [-0.15, -0.1) is 0 Å². The van der Waals surface area contributed by atoms with Crippen LogP contribution in [0.1, 0.15) is 26.2 Å². The minimum Gasteiger partial charge on any atom is -0.506 e. The van der Waals surface area contributed by atoms with Crippen molar-refractivity contribution in [2.24, 2.45) is 0 Å². The van der Waals surface area contributed by atoms with E-state index in [1.165, 1.54) is 0 Å². The van der Waals surface area contributed by atoms with Gasteiger partial charge in [-0.25, -0.2) is 0 Å². The molecule has 1 heterocycles. The van der Waals surface area contributed by atoms with Gasteiger partial charge in [-0.1, -0.05) is 25.8 Å². The minimum absolute atomic E-state index is 0.115. The van der Waals surface area contributed by atoms with Crippen molar-refractivity contribution in [3.8, 4) is 11.8 Å². The molecule has 1 aromatic heterocycles. The van der Waals surface area contributed by atoms with E-state index in [2.05, 4.69) is 11.9 Å². The third-order valence-corrected chi connectivity index (χ3v) is 2.35. The number of hydrogen-bond donors (Lipinski definition) is 1. The Labute approximate surface area is 93.9 Å². The second kappa shape index (κ2) is 4.88. The lowest BCUT2D eigenvalue weighted by Crippen LogP contribution is -1.96. The number of nitrogens with zero attached hydrogens (tertiary/aromatic N) is 1. The first-order valence-electron chi connectivity index (χ1n) is 5.52. The topological polar surface area (TPSA) is 55.5 Å². The van der Waals surface area contributed by atoms with Gasteiger partial charge < -0.3 is 14.3 Å². The lowest BCUT2D eigenvalue weighted by atomic mass is 10.3. The van der Waals surface area contributed by atoms with E-state index in [9.17, 15) is 5.11 Å². The Hall–Kier alpha value is -1.71. The number of hydrogen-bond acceptors (Lipinski definition) is 4. The summed E-state index contributed by atoms with van der Waals surface area (Å²) in [6, 6.07) is 5.04. The molecule has 0 amide bonds. The molecule has 0 fully saturated rings. The highest BCUT2D eigenvalue weighted by Gasteiger charge is 2.09. The summed E-state index contributed by atoms with van der Waals surface area (Å²) in [5.41, 5.74) is 0.999. The van der Waals surface area contributed by atoms with E-state index in [1.54, 1.807) is 18.2 Å². The molecule has 16 heavy (non-hydrogen) atoms. The molecule has 0 bridgehead atoms. The summed E-state index contributed by atoms with van der Waals surface area (Å²) in [4.78, 5) is 4.07. The van der Waals surface area contributed by atoms with Gasteiger partial charge in [-0.2, -0.15) is 4.98 Å². The first-order valence-corrected chi connectivity index (χ1v) is 5.52. The lowest BCUT2D eigenvalue weighted by Gasteiger charge is -1.98. The van der Waals surface area contributed by atoms with E-state index in [0.29, 0.717) is 17.7 Å². The predicted octanol–water partition coefficient (Wildman–Crippen LogP) is 3.10. The van der Waals surface area contributed by atoms with Gasteiger partial charge in [0, 0.05) is 0 Å². The zero-order valence-electron chi connectivity index (χ0n) is 9.27. The Morgan fingerprint density at radius 1 is 1.38 bits per heavy atom. The molecule has 0 aliphatic carbocycles. The average Bonchev–Trinajstić information content (AvgIpc) is 2.69. The summed E-state index contributed by atoms with van der Waals surface area (Å²) in [6.45, 7) is 2.74. The second-order valence-corrected chi connectivity index (χ2v) is 3.66. The SMILES string of the molecule is CCCCCOc1nc2c(O)cccc2o1. The van der Waals surface area contributed by atoms with E-state index in [4.69, 9.17) is 9.15 Å². The molecule has 0 saturated heterocycles. The van der Waals surface area contributed by atoms with Gasteiger partial charge in [-0.3, -0.25) is 0 Å². The monoisotopic (exact) mass is 221 g/mol. The molecular weight excluding hydrogens is 206 g/mol. The van der Waals surface area contributed by atoms with Crippen LogP contribution >= 0.6 is 0 Å². The number of para-hydroxylation sites is 1. The maximum absolute atomic E-state index is 9.52. The number of aromatic nitrogens is 1. The van der Waals surface area contributed by atoms with Crippen LogP contribution in [0.15, 0.2) is 22.6 Å². The fourth-order valence-corrected chi connectivity index (χ4v) is 1.49. The first-order chi connectivity index (χ1) is 7.81. The van der Waals surface area contributed by atoms with Crippen LogP contribution in [-0.2, 0) is 0 Å². The molecule has 0 atom stereocenters. The number of rotatable bonds is 5. The molecule has 0 aliphatic rings. The van der Waals surface area contributed by atoms with Gasteiger partial charge in [0.05, 0.1) is 6.61 Å². The Balaban J connectivity index is 2.05. The molecule has 1 N–H and O–H groups in total. The fraction of sp³-hybridized carbons (Fsp3) is 0.417. The van der Waals surface area contributed by atoms with E-state index in [-0.39, 0.29) is 11.8 Å². The predicted molar refractivity (Wildman–Crippen MR) is 60.7 cm³/mol. The number of aromatic hydroxyl groups is 1. The number of fused-ring (bicyclic) bond motifs is 1. The van der Waals surface area contributed by atoms with Crippen molar-refractivity contribution in [2.75, 3.05) is 6.61 Å². The van der Waals surface area contributed by atoms with Crippen LogP contribution in [0.25, 0.3) is 11.1 Å². The summed E-state index contributed by atoms with van der Waals surface area (Å²) in [7, 11) is 0. The van der Waals surface area contributed by atoms with Crippen LogP contribution in [0, 0.1) is 0 Å². The number of phenols is 1. The van der Waals surface area contributed by atoms with Crippen LogP contribution in [-0.4, -0.2) is 16.7 Å². The van der Waals surface area contributed by atoms with Crippen molar-refractivity contribution in [3.05, 3.63) is 18.2 Å². The van der Waals surface area contributed by atoms with Crippen LogP contribution in [0.4, 0.5) is 0 Å². The average molecular weight is 221 g/mol. The number of phenolic OH excluding ortho intramolecular Hbond substituents is 1. The van der Waals surface area contributed by atoms with Crippen molar-refractivity contribution in [3.63, 3.8) is 0 Å². The van der Waals surface area contributed by atoms with E-state index in [1.807, 2.05) is 0 Å². The standard InChI is InChI=1S/C12H15NO3/c1-2-3-4-8-15-12-13-11-9(14)6-5-7-10(11)16-12/h5-7,14H,2-4,8H2,1H3. The van der Waals surface area contributed by atoms with Gasteiger partial charge in [0.15, 0.2) is 11.1 Å². The number of ether oxygens (including phenoxy) is 1.